The molecule has 0 saturated carbocycles. The van der Waals surface area contributed by atoms with Crippen LogP contribution in [-0.2, 0) is 17.6 Å². The molecule has 2 aromatic carbocycles. The number of amides is 2. The molecule has 0 spiro atoms. The zero-order valence-electron chi connectivity index (χ0n) is 20.4. The Morgan fingerprint density at radius 2 is 1.83 bits per heavy atom. The zero-order valence-corrected chi connectivity index (χ0v) is 21.3. The summed E-state index contributed by atoms with van der Waals surface area (Å²) >= 11 is 1.23. The van der Waals surface area contributed by atoms with E-state index < -0.39 is 17.1 Å². The second kappa shape index (κ2) is 10.9. The minimum atomic E-state index is -4.78. The third-order valence-corrected chi connectivity index (χ3v) is 7.17. The number of halogens is 3. The molecule has 0 saturated heterocycles. The summed E-state index contributed by atoms with van der Waals surface area (Å²) in [5.74, 6) is -0.697. The van der Waals surface area contributed by atoms with Crippen LogP contribution in [-0.4, -0.2) is 52.8 Å². The molecule has 0 radical (unpaired) electrons. The summed E-state index contributed by atoms with van der Waals surface area (Å²) in [6, 6.07) is 8.44. The van der Waals surface area contributed by atoms with Crippen LogP contribution < -0.4 is 14.8 Å². The van der Waals surface area contributed by atoms with E-state index in [0.717, 1.165) is 28.2 Å². The summed E-state index contributed by atoms with van der Waals surface area (Å²) in [5, 5.41) is 12.2. The third kappa shape index (κ3) is 6.77. The maximum Gasteiger partial charge on any atom is 0.573 e. The molecule has 2 N–H and O–H groups in total. The van der Waals surface area contributed by atoms with Crippen LogP contribution in [0.3, 0.4) is 0 Å². The van der Waals surface area contributed by atoms with Gasteiger partial charge in [-0.05, 0) is 87.6 Å². The molecular weight excluding hydrogens is 497 g/mol. The lowest BCUT2D eigenvalue weighted by atomic mass is 9.87. The van der Waals surface area contributed by atoms with Crippen molar-refractivity contribution < 1.29 is 37.3 Å². The fourth-order valence-electron chi connectivity index (χ4n) is 4.07. The Bertz CT molecular complexity index is 1110. The van der Waals surface area contributed by atoms with Gasteiger partial charge in [-0.1, -0.05) is 0 Å². The van der Waals surface area contributed by atoms with Gasteiger partial charge in [0.25, 0.3) is 0 Å². The number of methoxy groups -OCH3 is 1. The van der Waals surface area contributed by atoms with Gasteiger partial charge in [0.05, 0.1) is 12.0 Å². The Balaban J connectivity index is 1.72. The average Bonchev–Trinajstić information content (AvgIpc) is 2.79. The van der Waals surface area contributed by atoms with Crippen molar-refractivity contribution in [2.45, 2.75) is 62.1 Å². The van der Waals surface area contributed by atoms with Crippen LogP contribution in [0.4, 0.5) is 23.7 Å². The van der Waals surface area contributed by atoms with E-state index in [0.29, 0.717) is 37.2 Å². The zero-order chi connectivity index (χ0) is 26.7. The molecule has 0 bridgehead atoms. The number of alkyl halides is 3. The fourth-order valence-corrected chi connectivity index (χ4v) is 5.15. The monoisotopic (exact) mass is 526 g/mol. The molecule has 0 aliphatic heterocycles. The first-order chi connectivity index (χ1) is 16.8. The molecule has 1 unspecified atom stereocenters. The van der Waals surface area contributed by atoms with Gasteiger partial charge in [-0.3, -0.25) is 4.79 Å². The molecule has 1 atom stereocenters. The molecule has 2 aromatic rings. The summed E-state index contributed by atoms with van der Waals surface area (Å²) < 4.78 is 45.5. The molecule has 2 amide bonds. The number of likely N-dealkylation sites (N-methyl/N-ethyl adjacent to an activating group) is 1. The van der Waals surface area contributed by atoms with Crippen LogP contribution in [0, 0.1) is 0 Å². The number of aliphatic carboxylic acids is 1. The third-order valence-electron chi connectivity index (χ3n) is 5.95. The number of nitrogens with one attached hydrogen (secondary N) is 1. The maximum atomic E-state index is 13.0. The van der Waals surface area contributed by atoms with Crippen molar-refractivity contribution in [2.24, 2.45) is 0 Å². The van der Waals surface area contributed by atoms with Crippen LogP contribution in [0.1, 0.15) is 38.3 Å². The number of hydrogen-bond acceptors (Lipinski definition) is 5. The molecule has 1 aliphatic rings. The van der Waals surface area contributed by atoms with Crippen LogP contribution >= 0.6 is 11.8 Å². The lowest BCUT2D eigenvalue weighted by Crippen LogP contribution is -2.45. The second-order valence-corrected chi connectivity index (χ2v) is 10.5. The second-order valence-electron chi connectivity index (χ2n) is 8.87. The minimum absolute atomic E-state index is 0.0889. The Labute approximate surface area is 212 Å². The number of benzene rings is 2. The summed E-state index contributed by atoms with van der Waals surface area (Å²) in [7, 11) is 1.54. The Kier molecular flexibility index (Phi) is 8.33. The van der Waals surface area contributed by atoms with Gasteiger partial charge < -0.3 is 24.8 Å². The highest BCUT2D eigenvalue weighted by molar-refractivity contribution is 8.01. The smallest absolute Gasteiger partial charge is 0.496 e. The van der Waals surface area contributed by atoms with Gasteiger partial charge >= 0.3 is 18.4 Å². The summed E-state index contributed by atoms with van der Waals surface area (Å²) in [4.78, 5) is 27.0. The number of ether oxygens (including phenoxy) is 2. The summed E-state index contributed by atoms with van der Waals surface area (Å²) in [6.45, 7) is 5.59. The first-order valence-electron chi connectivity index (χ1n) is 11.4. The number of rotatable bonds is 8. The molecule has 196 valence electrons. The number of carboxylic acids is 1. The van der Waals surface area contributed by atoms with Crippen LogP contribution in [0.5, 0.6) is 11.5 Å². The van der Waals surface area contributed by atoms with Gasteiger partial charge in [0, 0.05) is 18.3 Å². The highest BCUT2D eigenvalue weighted by atomic mass is 32.2. The number of anilines is 1. The predicted molar refractivity (Wildman–Crippen MR) is 131 cm³/mol. The number of carbonyl (C=O) groups is 2. The standard InChI is InChI=1S/C25H29F3N2O5S/c1-5-30(23(33)29-17-7-10-19(11-8-17)35-25(26,27)28)18-9-6-15-14-21(36-24(2,3)22(31)32)20(34-4)13-16(15)12-18/h7-8,10-11,13-14,18H,5-6,9,12H2,1-4H3,(H,29,33)(H,31,32). The van der Waals surface area contributed by atoms with Crippen LogP contribution in [0.15, 0.2) is 41.3 Å². The quantitative estimate of drug-likeness (QED) is 0.413. The average molecular weight is 527 g/mol. The van der Waals surface area contributed by atoms with E-state index in [1.807, 2.05) is 19.1 Å². The topological polar surface area (TPSA) is 88.1 Å². The Morgan fingerprint density at radius 1 is 1.17 bits per heavy atom. The van der Waals surface area contributed by atoms with Gasteiger partial charge in [0.1, 0.15) is 16.2 Å². The van der Waals surface area contributed by atoms with Gasteiger partial charge in [-0.15, -0.1) is 24.9 Å². The van der Waals surface area contributed by atoms with Gasteiger partial charge in [-0.2, -0.15) is 0 Å². The first-order valence-corrected chi connectivity index (χ1v) is 12.2. The lowest BCUT2D eigenvalue weighted by Gasteiger charge is -2.35. The van der Waals surface area contributed by atoms with Crippen molar-refractivity contribution in [1.29, 1.82) is 0 Å². The molecule has 3 rings (SSSR count). The van der Waals surface area contributed by atoms with Crippen molar-refractivity contribution in [3.63, 3.8) is 0 Å². The van der Waals surface area contributed by atoms with E-state index in [9.17, 15) is 27.9 Å². The van der Waals surface area contributed by atoms with Gasteiger partial charge in [0.2, 0.25) is 0 Å². The van der Waals surface area contributed by atoms with E-state index in [1.54, 1.807) is 18.7 Å². The fraction of sp³-hybridized carbons (Fsp3) is 0.440. The largest absolute Gasteiger partial charge is 0.573 e. The molecule has 7 nitrogen and oxygen atoms in total. The number of carbonyl (C=O) groups excluding carboxylic acids is 1. The molecule has 0 heterocycles. The van der Waals surface area contributed by atoms with Crippen LogP contribution in [0.25, 0.3) is 0 Å². The van der Waals surface area contributed by atoms with E-state index in [4.69, 9.17) is 4.74 Å². The number of fused-ring (bicyclic) bond motifs is 1. The summed E-state index contributed by atoms with van der Waals surface area (Å²) in [6.07, 6.45) is -2.77. The molecule has 36 heavy (non-hydrogen) atoms. The molecule has 0 aromatic heterocycles. The Hall–Kier alpha value is -3.08. The van der Waals surface area contributed by atoms with Gasteiger partial charge in [-0.25, -0.2) is 4.79 Å². The number of nitrogens with zero attached hydrogens (tertiary/aromatic N) is 1. The number of urea groups is 1. The highest BCUT2D eigenvalue weighted by Gasteiger charge is 2.33. The van der Waals surface area contributed by atoms with E-state index in [1.165, 1.54) is 31.0 Å². The van der Waals surface area contributed by atoms with Crippen molar-refractivity contribution in [3.05, 3.63) is 47.5 Å². The minimum Gasteiger partial charge on any atom is -0.496 e. The number of aryl methyl sites for hydroxylation is 1. The lowest BCUT2D eigenvalue weighted by molar-refractivity contribution is -0.274. The van der Waals surface area contributed by atoms with Crippen molar-refractivity contribution in [3.8, 4) is 11.5 Å². The van der Waals surface area contributed by atoms with Gasteiger partial charge in [0.15, 0.2) is 0 Å². The molecule has 1 aliphatic carbocycles. The molecular formula is C25H29F3N2O5S. The van der Waals surface area contributed by atoms with Crippen LogP contribution in [0.2, 0.25) is 0 Å². The van der Waals surface area contributed by atoms with E-state index in [2.05, 4.69) is 10.1 Å². The SMILES string of the molecule is CCN(C(=O)Nc1ccc(OC(F)(F)F)cc1)C1CCc2cc(SC(C)(C)C(=O)O)c(OC)cc2C1. The molecule has 11 heteroatoms. The number of thioether (sulfide) groups is 1. The molecule has 0 fully saturated rings. The van der Waals surface area contributed by atoms with Crippen molar-refractivity contribution in [1.82, 2.24) is 4.90 Å². The predicted octanol–water partition coefficient (Wildman–Crippen LogP) is 5.96. The normalized spacial score (nSPS) is 15.6. The number of carboxylic acid groups (broad SMARTS) is 1. The van der Waals surface area contributed by atoms with Crippen molar-refractivity contribution in [2.75, 3.05) is 19.0 Å². The Morgan fingerprint density at radius 3 is 2.39 bits per heavy atom. The van der Waals surface area contributed by atoms with Crippen molar-refractivity contribution >= 4 is 29.4 Å². The maximum absolute atomic E-state index is 13.0. The van der Waals surface area contributed by atoms with E-state index >= 15 is 0 Å². The first kappa shape index (κ1) is 27.5. The highest BCUT2D eigenvalue weighted by Crippen LogP contribution is 2.41. The number of hydrogen-bond donors (Lipinski definition) is 2. The van der Waals surface area contributed by atoms with E-state index in [-0.39, 0.29) is 17.8 Å². The summed E-state index contributed by atoms with van der Waals surface area (Å²) in [5.41, 5.74) is 2.47.